The smallest absolute Gasteiger partial charge is 0.262 e. The van der Waals surface area contributed by atoms with Gasteiger partial charge in [-0.1, -0.05) is 23.7 Å². The van der Waals surface area contributed by atoms with Crippen LogP contribution >= 0.6 is 11.6 Å². The molecule has 0 aromatic heterocycles. The van der Waals surface area contributed by atoms with Crippen LogP contribution in [0.1, 0.15) is 0 Å². The van der Waals surface area contributed by atoms with Crippen molar-refractivity contribution in [2.75, 3.05) is 25.1 Å². The van der Waals surface area contributed by atoms with Crippen LogP contribution in [0.15, 0.2) is 42.5 Å². The number of aliphatic hydroxyl groups excluding tert-OH is 1. The lowest BCUT2D eigenvalue weighted by Crippen LogP contribution is -2.20. The molecule has 2 aromatic carbocycles. The quantitative estimate of drug-likeness (QED) is 0.814. The number of halogens is 2. The van der Waals surface area contributed by atoms with E-state index >= 15 is 0 Å². The summed E-state index contributed by atoms with van der Waals surface area (Å²) in [5.41, 5.74) is 0.298. The molecule has 0 unspecified atom stereocenters. The molecule has 0 bridgehead atoms. The monoisotopic (exact) mass is 339 g/mol. The highest BCUT2D eigenvalue weighted by molar-refractivity contribution is 6.33. The normalized spacial score (nSPS) is 10.2. The van der Waals surface area contributed by atoms with Crippen molar-refractivity contribution >= 4 is 23.2 Å². The van der Waals surface area contributed by atoms with Gasteiger partial charge in [0.2, 0.25) is 0 Å². The lowest BCUT2D eigenvalue weighted by Gasteiger charge is -2.12. The van der Waals surface area contributed by atoms with Crippen molar-refractivity contribution in [1.82, 2.24) is 0 Å². The maximum atomic E-state index is 12.9. The Kier molecular flexibility index (Phi) is 6.19. The van der Waals surface area contributed by atoms with Gasteiger partial charge in [-0.25, -0.2) is 4.39 Å². The highest BCUT2D eigenvalue weighted by Gasteiger charge is 2.10. The molecular weight excluding hydrogens is 325 g/mol. The molecule has 122 valence electrons. The van der Waals surface area contributed by atoms with Gasteiger partial charge in [0.05, 0.1) is 17.3 Å². The Morgan fingerprint density at radius 1 is 1.17 bits per heavy atom. The van der Waals surface area contributed by atoms with Crippen molar-refractivity contribution in [2.24, 2.45) is 0 Å². The van der Waals surface area contributed by atoms with E-state index in [4.69, 9.17) is 26.2 Å². The van der Waals surface area contributed by atoms with Gasteiger partial charge in [-0.2, -0.15) is 0 Å². The largest absolute Gasteiger partial charge is 0.487 e. The number of benzene rings is 2. The van der Waals surface area contributed by atoms with E-state index in [1.165, 1.54) is 12.1 Å². The van der Waals surface area contributed by atoms with E-state index in [2.05, 4.69) is 5.32 Å². The molecule has 0 aliphatic heterocycles. The first-order valence-corrected chi connectivity index (χ1v) is 7.18. The molecule has 2 rings (SSSR count). The van der Waals surface area contributed by atoms with Gasteiger partial charge in [-0.05, 0) is 30.3 Å². The van der Waals surface area contributed by atoms with Crippen molar-refractivity contribution in [3.63, 3.8) is 0 Å². The van der Waals surface area contributed by atoms with Crippen molar-refractivity contribution < 1.29 is 23.8 Å². The topological polar surface area (TPSA) is 67.8 Å². The second-order valence-electron chi connectivity index (χ2n) is 4.48. The number of carbonyl (C=O) groups is 1. The molecule has 0 saturated carbocycles. The lowest BCUT2D eigenvalue weighted by atomic mass is 10.3. The van der Waals surface area contributed by atoms with E-state index in [1.54, 1.807) is 24.3 Å². The summed E-state index contributed by atoms with van der Waals surface area (Å²) in [6.07, 6.45) is 0. The second kappa shape index (κ2) is 8.36. The maximum absolute atomic E-state index is 12.9. The molecule has 0 radical (unpaired) electrons. The molecule has 5 nitrogen and oxygen atoms in total. The summed E-state index contributed by atoms with van der Waals surface area (Å²) < 4.78 is 23.6. The zero-order valence-corrected chi connectivity index (χ0v) is 12.8. The summed E-state index contributed by atoms with van der Waals surface area (Å²) in [5, 5.41) is 11.4. The van der Waals surface area contributed by atoms with E-state index in [-0.39, 0.29) is 24.8 Å². The van der Waals surface area contributed by atoms with E-state index in [9.17, 15) is 9.18 Å². The minimum atomic E-state index is -0.487. The minimum absolute atomic E-state index is 0.102. The number of para-hydroxylation sites is 2. The summed E-state index contributed by atoms with van der Waals surface area (Å²) in [7, 11) is 0. The molecule has 0 aliphatic carbocycles. The van der Waals surface area contributed by atoms with E-state index in [0.29, 0.717) is 17.2 Å². The zero-order valence-electron chi connectivity index (χ0n) is 12.1. The third-order valence-corrected chi connectivity index (χ3v) is 3.07. The van der Waals surface area contributed by atoms with Crippen molar-refractivity contribution in [3.8, 4) is 11.5 Å². The summed E-state index contributed by atoms with van der Waals surface area (Å²) in [6, 6.07) is 10.5. The zero-order chi connectivity index (χ0) is 16.7. The average Bonchev–Trinajstić information content (AvgIpc) is 2.54. The number of aliphatic hydroxyl groups is 1. The highest BCUT2D eigenvalue weighted by Crippen LogP contribution is 2.26. The predicted octanol–water partition coefficient (Wildman–Crippen LogP) is 2.87. The molecule has 23 heavy (non-hydrogen) atoms. The van der Waals surface area contributed by atoms with Crippen molar-refractivity contribution in [1.29, 1.82) is 0 Å². The fourth-order valence-electron chi connectivity index (χ4n) is 1.76. The van der Waals surface area contributed by atoms with Crippen LogP contribution in [0.2, 0.25) is 5.02 Å². The number of anilines is 1. The number of nitrogens with one attached hydrogen (secondary N) is 1. The Labute approximate surface area is 137 Å². The van der Waals surface area contributed by atoms with Gasteiger partial charge in [-0.15, -0.1) is 0 Å². The fraction of sp³-hybridized carbons (Fsp3) is 0.188. The summed E-state index contributed by atoms with van der Waals surface area (Å²) in [6.45, 7) is -0.275. The first-order chi connectivity index (χ1) is 11.1. The van der Waals surface area contributed by atoms with Crippen molar-refractivity contribution in [3.05, 3.63) is 53.3 Å². The van der Waals surface area contributed by atoms with Gasteiger partial charge in [0.25, 0.3) is 5.91 Å². The molecule has 1 amide bonds. The van der Waals surface area contributed by atoms with Crippen LogP contribution in [0.25, 0.3) is 0 Å². The minimum Gasteiger partial charge on any atom is -0.487 e. The second-order valence-corrected chi connectivity index (χ2v) is 4.89. The van der Waals surface area contributed by atoms with E-state index < -0.39 is 11.7 Å². The van der Waals surface area contributed by atoms with Crippen molar-refractivity contribution in [2.45, 2.75) is 0 Å². The van der Waals surface area contributed by atoms with Gasteiger partial charge < -0.3 is 19.9 Å². The summed E-state index contributed by atoms with van der Waals surface area (Å²) >= 11 is 5.83. The SMILES string of the molecule is O=C(COc1ccccc1OCCO)Nc1ccc(F)cc1Cl. The number of hydrogen-bond acceptors (Lipinski definition) is 4. The van der Waals surface area contributed by atoms with Crippen LogP contribution in [0.5, 0.6) is 11.5 Å². The summed E-state index contributed by atoms with van der Waals surface area (Å²) in [4.78, 5) is 11.9. The van der Waals surface area contributed by atoms with Crippen LogP contribution in [-0.2, 0) is 4.79 Å². The first kappa shape index (κ1) is 17.1. The Hall–Kier alpha value is -2.31. The fourth-order valence-corrected chi connectivity index (χ4v) is 1.98. The molecule has 0 saturated heterocycles. The number of rotatable bonds is 7. The Bertz CT molecular complexity index is 681. The molecule has 0 atom stereocenters. The van der Waals surface area contributed by atoms with Gasteiger partial charge in [0.15, 0.2) is 18.1 Å². The maximum Gasteiger partial charge on any atom is 0.262 e. The molecule has 0 heterocycles. The van der Waals surface area contributed by atoms with E-state index in [0.717, 1.165) is 6.07 Å². The predicted molar refractivity (Wildman–Crippen MR) is 84.6 cm³/mol. The van der Waals surface area contributed by atoms with Gasteiger partial charge in [0.1, 0.15) is 12.4 Å². The first-order valence-electron chi connectivity index (χ1n) is 6.80. The number of hydrogen-bond donors (Lipinski definition) is 2. The number of ether oxygens (including phenoxy) is 2. The van der Waals surface area contributed by atoms with E-state index in [1.807, 2.05) is 0 Å². The molecule has 0 aliphatic rings. The molecule has 0 spiro atoms. The van der Waals surface area contributed by atoms with Crippen LogP contribution in [-0.4, -0.2) is 30.8 Å². The highest BCUT2D eigenvalue weighted by atomic mass is 35.5. The summed E-state index contributed by atoms with van der Waals surface area (Å²) in [5.74, 6) is -0.134. The Morgan fingerprint density at radius 3 is 2.52 bits per heavy atom. The van der Waals surface area contributed by atoms with Crippen LogP contribution in [0.4, 0.5) is 10.1 Å². The number of carbonyl (C=O) groups excluding carboxylic acids is 1. The lowest BCUT2D eigenvalue weighted by molar-refractivity contribution is -0.118. The molecule has 7 heteroatoms. The number of amides is 1. The van der Waals surface area contributed by atoms with Crippen LogP contribution < -0.4 is 14.8 Å². The van der Waals surface area contributed by atoms with Gasteiger partial charge >= 0.3 is 0 Å². The molecule has 2 N–H and O–H groups in total. The molecule has 2 aromatic rings. The van der Waals surface area contributed by atoms with Crippen LogP contribution in [0, 0.1) is 5.82 Å². The molecule has 0 fully saturated rings. The third kappa shape index (κ3) is 5.12. The van der Waals surface area contributed by atoms with Crippen LogP contribution in [0.3, 0.4) is 0 Å². The average molecular weight is 340 g/mol. The Balaban J connectivity index is 1.94. The van der Waals surface area contributed by atoms with Gasteiger partial charge in [0, 0.05) is 0 Å². The molecular formula is C16H15ClFNO4. The Morgan fingerprint density at radius 2 is 1.87 bits per heavy atom. The third-order valence-electron chi connectivity index (χ3n) is 2.76. The standard InChI is InChI=1S/C16H15ClFNO4/c17-12-9-11(18)5-6-13(12)19-16(21)10-23-15-4-2-1-3-14(15)22-8-7-20/h1-6,9,20H,7-8,10H2,(H,19,21). The van der Waals surface area contributed by atoms with Gasteiger partial charge in [-0.3, -0.25) is 4.79 Å².